The Morgan fingerprint density at radius 1 is 1.21 bits per heavy atom. The lowest BCUT2D eigenvalue weighted by Gasteiger charge is -2.33. The lowest BCUT2D eigenvalue weighted by molar-refractivity contribution is -0.128. The first-order valence-corrected chi connectivity index (χ1v) is 10.1. The summed E-state index contributed by atoms with van der Waals surface area (Å²) in [5.41, 5.74) is 0.629. The molecule has 1 amide bonds. The number of nitrogens with one attached hydrogen (secondary N) is 3. The third-order valence-corrected chi connectivity index (χ3v) is 5.12. The Labute approximate surface area is 191 Å². The standard InChI is InChI=1S/C21H34FN5O.HI/c1-5-24-19(28)21(2,3)15-25-20(23-4)26-18-10-12-27(13-11-18)14-16-6-8-17(22)9-7-16;/h6-9,18H,5,10-15H2,1-4H3,(H,24,28)(H2,23,25,26);1H. The molecule has 0 aliphatic carbocycles. The lowest BCUT2D eigenvalue weighted by Crippen LogP contribution is -2.51. The summed E-state index contributed by atoms with van der Waals surface area (Å²) in [5.74, 6) is 0.572. The molecule has 0 atom stereocenters. The second kappa shape index (κ2) is 12.3. The number of amides is 1. The summed E-state index contributed by atoms with van der Waals surface area (Å²) in [6.07, 6.45) is 2.03. The molecule has 0 saturated carbocycles. The van der Waals surface area contributed by atoms with E-state index in [1.807, 2.05) is 32.9 Å². The maximum atomic E-state index is 13.0. The fourth-order valence-electron chi connectivity index (χ4n) is 3.26. The Morgan fingerprint density at radius 3 is 2.38 bits per heavy atom. The van der Waals surface area contributed by atoms with Crippen molar-refractivity contribution in [1.82, 2.24) is 20.9 Å². The number of rotatable bonds is 7. The van der Waals surface area contributed by atoms with E-state index in [9.17, 15) is 9.18 Å². The molecule has 1 aliphatic heterocycles. The number of likely N-dealkylation sites (tertiary alicyclic amines) is 1. The quantitative estimate of drug-likeness (QED) is 0.295. The molecule has 2 rings (SSSR count). The van der Waals surface area contributed by atoms with Crippen molar-refractivity contribution >= 4 is 35.8 Å². The van der Waals surface area contributed by atoms with Gasteiger partial charge >= 0.3 is 0 Å². The first-order chi connectivity index (χ1) is 13.3. The SMILES string of the molecule is CCNC(=O)C(C)(C)CNC(=NC)NC1CCN(Cc2ccc(F)cc2)CC1.I. The van der Waals surface area contributed by atoms with Gasteiger partial charge in [0.25, 0.3) is 0 Å². The van der Waals surface area contributed by atoms with E-state index in [2.05, 4.69) is 25.8 Å². The predicted molar refractivity (Wildman–Crippen MR) is 127 cm³/mol. The number of guanidine groups is 1. The molecule has 0 unspecified atom stereocenters. The highest BCUT2D eigenvalue weighted by Gasteiger charge is 2.27. The van der Waals surface area contributed by atoms with Crippen LogP contribution in [0.3, 0.4) is 0 Å². The molecular formula is C21H35FIN5O. The van der Waals surface area contributed by atoms with Gasteiger partial charge < -0.3 is 16.0 Å². The fraction of sp³-hybridized carbons (Fsp3) is 0.619. The van der Waals surface area contributed by atoms with Crippen LogP contribution in [0.15, 0.2) is 29.3 Å². The van der Waals surface area contributed by atoms with Crippen molar-refractivity contribution in [3.8, 4) is 0 Å². The molecule has 164 valence electrons. The van der Waals surface area contributed by atoms with E-state index in [0.717, 1.165) is 44.0 Å². The zero-order valence-electron chi connectivity index (χ0n) is 17.9. The normalized spacial score (nSPS) is 16.1. The van der Waals surface area contributed by atoms with Gasteiger partial charge in [0.1, 0.15) is 5.82 Å². The monoisotopic (exact) mass is 519 g/mol. The van der Waals surface area contributed by atoms with Crippen LogP contribution in [0, 0.1) is 11.2 Å². The van der Waals surface area contributed by atoms with Crippen LogP contribution in [0.1, 0.15) is 39.2 Å². The lowest BCUT2D eigenvalue weighted by atomic mass is 9.92. The Bertz CT molecular complexity index is 658. The molecule has 1 aromatic rings. The van der Waals surface area contributed by atoms with E-state index < -0.39 is 5.41 Å². The molecule has 0 aromatic heterocycles. The molecule has 1 aliphatic rings. The van der Waals surface area contributed by atoms with Crippen LogP contribution >= 0.6 is 24.0 Å². The zero-order valence-corrected chi connectivity index (χ0v) is 20.3. The van der Waals surface area contributed by atoms with Gasteiger partial charge in [0.2, 0.25) is 5.91 Å². The second-order valence-electron chi connectivity index (χ2n) is 7.99. The Kier molecular flexibility index (Phi) is 10.9. The number of carbonyl (C=O) groups excluding carboxylic acids is 1. The number of hydrogen-bond acceptors (Lipinski definition) is 3. The molecule has 29 heavy (non-hydrogen) atoms. The summed E-state index contributed by atoms with van der Waals surface area (Å²) in [5, 5.41) is 9.62. The number of aliphatic imine (C=N–C) groups is 1. The molecule has 0 spiro atoms. The number of piperidine rings is 1. The van der Waals surface area contributed by atoms with Crippen LogP contribution in [0.2, 0.25) is 0 Å². The number of nitrogens with zero attached hydrogens (tertiary/aromatic N) is 2. The predicted octanol–water partition coefficient (Wildman–Crippen LogP) is 2.74. The Balaban J connectivity index is 0.00000420. The van der Waals surface area contributed by atoms with Crippen molar-refractivity contribution in [2.45, 2.75) is 46.2 Å². The summed E-state index contributed by atoms with van der Waals surface area (Å²) in [7, 11) is 1.75. The van der Waals surface area contributed by atoms with Crippen molar-refractivity contribution in [2.24, 2.45) is 10.4 Å². The van der Waals surface area contributed by atoms with Crippen molar-refractivity contribution in [2.75, 3.05) is 33.2 Å². The number of carbonyl (C=O) groups is 1. The maximum absolute atomic E-state index is 13.0. The van der Waals surface area contributed by atoms with Gasteiger partial charge in [-0.05, 0) is 51.3 Å². The van der Waals surface area contributed by atoms with Gasteiger partial charge in [0.15, 0.2) is 5.96 Å². The Morgan fingerprint density at radius 2 is 1.83 bits per heavy atom. The van der Waals surface area contributed by atoms with Gasteiger partial charge in [0.05, 0.1) is 5.41 Å². The molecule has 3 N–H and O–H groups in total. The van der Waals surface area contributed by atoms with Crippen LogP contribution in [0.5, 0.6) is 0 Å². The summed E-state index contributed by atoms with van der Waals surface area (Å²) < 4.78 is 13.0. The van der Waals surface area contributed by atoms with E-state index in [-0.39, 0.29) is 35.7 Å². The van der Waals surface area contributed by atoms with E-state index in [1.54, 1.807) is 7.05 Å². The van der Waals surface area contributed by atoms with Gasteiger partial charge in [-0.25, -0.2) is 4.39 Å². The molecule has 0 bridgehead atoms. The summed E-state index contributed by atoms with van der Waals surface area (Å²) in [6.45, 7) is 9.73. The summed E-state index contributed by atoms with van der Waals surface area (Å²) in [4.78, 5) is 18.8. The van der Waals surface area contributed by atoms with Crippen LogP contribution in [-0.4, -0.2) is 56.0 Å². The average Bonchev–Trinajstić information content (AvgIpc) is 2.68. The summed E-state index contributed by atoms with van der Waals surface area (Å²) in [6, 6.07) is 7.08. The van der Waals surface area contributed by atoms with Crippen LogP contribution in [0.4, 0.5) is 4.39 Å². The number of hydrogen-bond donors (Lipinski definition) is 3. The fourth-order valence-corrected chi connectivity index (χ4v) is 3.26. The third kappa shape index (κ3) is 8.46. The molecule has 1 heterocycles. The summed E-state index contributed by atoms with van der Waals surface area (Å²) >= 11 is 0. The average molecular weight is 519 g/mol. The van der Waals surface area contributed by atoms with Gasteiger partial charge in [-0.1, -0.05) is 12.1 Å². The van der Waals surface area contributed by atoms with Crippen molar-refractivity contribution in [3.05, 3.63) is 35.6 Å². The molecule has 1 aromatic carbocycles. The van der Waals surface area contributed by atoms with Gasteiger partial charge in [-0.2, -0.15) is 0 Å². The van der Waals surface area contributed by atoms with Gasteiger partial charge in [-0.3, -0.25) is 14.7 Å². The van der Waals surface area contributed by atoms with Crippen molar-refractivity contribution in [3.63, 3.8) is 0 Å². The van der Waals surface area contributed by atoms with Crippen molar-refractivity contribution < 1.29 is 9.18 Å². The molecule has 1 saturated heterocycles. The topological polar surface area (TPSA) is 68.8 Å². The minimum absolute atomic E-state index is 0. The zero-order chi connectivity index (χ0) is 20.6. The highest BCUT2D eigenvalue weighted by atomic mass is 127. The highest BCUT2D eigenvalue weighted by molar-refractivity contribution is 14.0. The first kappa shape index (κ1) is 25.6. The molecule has 1 fully saturated rings. The van der Waals surface area contributed by atoms with Crippen molar-refractivity contribution in [1.29, 1.82) is 0 Å². The van der Waals surface area contributed by atoms with Crippen LogP contribution < -0.4 is 16.0 Å². The van der Waals surface area contributed by atoms with E-state index in [0.29, 0.717) is 19.1 Å². The van der Waals surface area contributed by atoms with Crippen LogP contribution in [-0.2, 0) is 11.3 Å². The van der Waals surface area contributed by atoms with Crippen LogP contribution in [0.25, 0.3) is 0 Å². The maximum Gasteiger partial charge on any atom is 0.227 e. The smallest absolute Gasteiger partial charge is 0.227 e. The van der Waals surface area contributed by atoms with E-state index in [1.165, 1.54) is 12.1 Å². The minimum atomic E-state index is -0.508. The highest BCUT2D eigenvalue weighted by Crippen LogP contribution is 2.15. The molecule has 0 radical (unpaired) electrons. The van der Waals surface area contributed by atoms with E-state index >= 15 is 0 Å². The van der Waals surface area contributed by atoms with Gasteiger partial charge in [-0.15, -0.1) is 24.0 Å². The minimum Gasteiger partial charge on any atom is -0.356 e. The van der Waals surface area contributed by atoms with Gasteiger partial charge in [0, 0.05) is 45.8 Å². The number of halogens is 2. The van der Waals surface area contributed by atoms with E-state index in [4.69, 9.17) is 0 Å². The molecule has 8 heteroatoms. The molecule has 6 nitrogen and oxygen atoms in total. The largest absolute Gasteiger partial charge is 0.356 e. The third-order valence-electron chi connectivity index (χ3n) is 5.12. The Hall–Kier alpha value is -1.42. The second-order valence-corrected chi connectivity index (χ2v) is 7.99. The first-order valence-electron chi connectivity index (χ1n) is 10.1. The molecular weight excluding hydrogens is 484 g/mol. The number of benzene rings is 1.